The van der Waals surface area contributed by atoms with E-state index in [1.165, 1.54) is 5.56 Å². The Morgan fingerprint density at radius 2 is 2.33 bits per heavy atom. The van der Waals surface area contributed by atoms with Gasteiger partial charge in [-0.15, -0.1) is 0 Å². The molecule has 3 rings (SSSR count). The van der Waals surface area contributed by atoms with Gasteiger partial charge in [-0.1, -0.05) is 25.1 Å². The average Bonchev–Trinajstić information content (AvgIpc) is 3.06. The van der Waals surface area contributed by atoms with Crippen molar-refractivity contribution in [3.05, 3.63) is 41.7 Å². The number of nitrogens with zero attached hydrogens (tertiary/aromatic N) is 2. The lowest BCUT2D eigenvalue weighted by Crippen LogP contribution is -2.26. The summed E-state index contributed by atoms with van der Waals surface area (Å²) in [5.41, 5.74) is 2.31. The molecule has 2 heterocycles. The summed E-state index contributed by atoms with van der Waals surface area (Å²) in [6.45, 7) is 3.96. The van der Waals surface area contributed by atoms with E-state index in [0.717, 1.165) is 43.9 Å². The number of hydrogen-bond acceptors (Lipinski definition) is 4. The summed E-state index contributed by atoms with van der Waals surface area (Å²) in [4.78, 5) is 0. The highest BCUT2D eigenvalue weighted by Gasteiger charge is 2.25. The molecule has 1 aromatic heterocycles. The standard InChI is InChI=1S/C16H22N4O/c1-2-8-17-14(15-11-18-20-19-15)10-12-7-9-21-16-6-4-3-5-13(12)16/h3-6,11-12,14,17H,2,7-10H2,1H3,(H,18,19,20). The van der Waals surface area contributed by atoms with Crippen LogP contribution in [-0.2, 0) is 0 Å². The van der Waals surface area contributed by atoms with Crippen molar-refractivity contribution in [1.29, 1.82) is 0 Å². The van der Waals surface area contributed by atoms with Crippen LogP contribution in [0.5, 0.6) is 5.75 Å². The van der Waals surface area contributed by atoms with Crippen LogP contribution in [0.1, 0.15) is 49.4 Å². The average molecular weight is 286 g/mol. The van der Waals surface area contributed by atoms with Crippen LogP contribution >= 0.6 is 0 Å². The zero-order chi connectivity index (χ0) is 14.5. The van der Waals surface area contributed by atoms with Crippen molar-refractivity contribution in [3.8, 4) is 5.75 Å². The second kappa shape index (κ2) is 6.72. The van der Waals surface area contributed by atoms with Crippen molar-refractivity contribution in [2.24, 2.45) is 0 Å². The minimum absolute atomic E-state index is 0.236. The third-order valence-electron chi connectivity index (χ3n) is 4.03. The van der Waals surface area contributed by atoms with Crippen molar-refractivity contribution in [2.45, 2.75) is 38.1 Å². The van der Waals surface area contributed by atoms with E-state index >= 15 is 0 Å². The van der Waals surface area contributed by atoms with E-state index in [-0.39, 0.29) is 6.04 Å². The zero-order valence-electron chi connectivity index (χ0n) is 12.4. The van der Waals surface area contributed by atoms with Crippen LogP contribution in [0, 0.1) is 0 Å². The van der Waals surface area contributed by atoms with Crippen molar-refractivity contribution < 1.29 is 4.74 Å². The van der Waals surface area contributed by atoms with Crippen molar-refractivity contribution >= 4 is 0 Å². The summed E-state index contributed by atoms with van der Waals surface area (Å²) in [6.07, 6.45) is 5.00. The number of aromatic nitrogens is 3. The Morgan fingerprint density at radius 3 is 3.14 bits per heavy atom. The number of fused-ring (bicyclic) bond motifs is 1. The predicted octanol–water partition coefficient (Wildman–Crippen LogP) is 2.80. The molecule has 0 fully saturated rings. The fraction of sp³-hybridized carbons (Fsp3) is 0.500. The zero-order valence-corrected chi connectivity index (χ0v) is 12.4. The third kappa shape index (κ3) is 3.24. The smallest absolute Gasteiger partial charge is 0.122 e. The summed E-state index contributed by atoms with van der Waals surface area (Å²) < 4.78 is 5.75. The van der Waals surface area contributed by atoms with Gasteiger partial charge in [-0.2, -0.15) is 15.4 Å². The molecule has 1 aliphatic rings. The molecule has 0 spiro atoms. The monoisotopic (exact) mass is 286 g/mol. The molecule has 2 atom stereocenters. The number of para-hydroxylation sites is 1. The topological polar surface area (TPSA) is 62.8 Å². The Labute approximate surface area is 125 Å². The van der Waals surface area contributed by atoms with Crippen LogP contribution in [0.25, 0.3) is 0 Å². The number of rotatable bonds is 6. The maximum absolute atomic E-state index is 5.75. The Hall–Kier alpha value is -1.88. The van der Waals surface area contributed by atoms with Crippen molar-refractivity contribution in [3.63, 3.8) is 0 Å². The number of ether oxygens (including phenoxy) is 1. The molecule has 0 amide bonds. The normalized spacial score (nSPS) is 18.8. The van der Waals surface area contributed by atoms with Gasteiger partial charge in [0.1, 0.15) is 5.75 Å². The molecule has 1 aromatic carbocycles. The summed E-state index contributed by atoms with van der Waals surface area (Å²) in [5.74, 6) is 1.53. The highest BCUT2D eigenvalue weighted by molar-refractivity contribution is 5.38. The van der Waals surface area contributed by atoms with E-state index in [4.69, 9.17) is 4.74 Å². The molecule has 2 aromatic rings. The second-order valence-corrected chi connectivity index (χ2v) is 5.51. The maximum atomic E-state index is 5.75. The predicted molar refractivity (Wildman–Crippen MR) is 81.3 cm³/mol. The molecule has 5 nitrogen and oxygen atoms in total. The number of hydrogen-bond donors (Lipinski definition) is 2. The van der Waals surface area contributed by atoms with Gasteiger partial charge in [-0.05, 0) is 43.4 Å². The Morgan fingerprint density at radius 1 is 1.43 bits per heavy atom. The highest BCUT2D eigenvalue weighted by Crippen LogP contribution is 2.38. The first-order valence-electron chi connectivity index (χ1n) is 7.69. The van der Waals surface area contributed by atoms with E-state index in [9.17, 15) is 0 Å². The summed E-state index contributed by atoms with van der Waals surface area (Å²) in [5, 5.41) is 14.5. The van der Waals surface area contributed by atoms with Crippen LogP contribution in [-0.4, -0.2) is 28.6 Å². The third-order valence-corrected chi connectivity index (χ3v) is 4.03. The SMILES string of the molecule is CCCNC(CC1CCOc2ccccc21)c1cn[nH]n1. The van der Waals surface area contributed by atoms with Crippen LogP contribution in [0.3, 0.4) is 0 Å². The van der Waals surface area contributed by atoms with Gasteiger partial charge >= 0.3 is 0 Å². The summed E-state index contributed by atoms with van der Waals surface area (Å²) in [6, 6.07) is 8.60. The van der Waals surface area contributed by atoms with Crippen LogP contribution in [0.2, 0.25) is 0 Å². The minimum Gasteiger partial charge on any atom is -0.493 e. The van der Waals surface area contributed by atoms with Gasteiger partial charge in [-0.3, -0.25) is 0 Å². The van der Waals surface area contributed by atoms with E-state index in [2.05, 4.69) is 45.9 Å². The second-order valence-electron chi connectivity index (χ2n) is 5.51. The molecule has 112 valence electrons. The van der Waals surface area contributed by atoms with Gasteiger partial charge in [0.05, 0.1) is 24.5 Å². The molecule has 1 aliphatic heterocycles. The molecule has 5 heteroatoms. The lowest BCUT2D eigenvalue weighted by Gasteiger charge is -2.28. The van der Waals surface area contributed by atoms with Crippen molar-refractivity contribution in [1.82, 2.24) is 20.7 Å². The molecule has 0 saturated heterocycles. The van der Waals surface area contributed by atoms with Crippen LogP contribution in [0.4, 0.5) is 0 Å². The molecular formula is C16H22N4O. The first-order chi connectivity index (χ1) is 10.4. The van der Waals surface area contributed by atoms with Gasteiger partial charge in [0.2, 0.25) is 0 Å². The van der Waals surface area contributed by atoms with Gasteiger partial charge in [-0.25, -0.2) is 0 Å². The number of aromatic amines is 1. The van der Waals surface area contributed by atoms with Gasteiger partial charge in [0.15, 0.2) is 0 Å². The molecule has 0 bridgehead atoms. The van der Waals surface area contributed by atoms with E-state index in [0.29, 0.717) is 5.92 Å². The number of benzene rings is 1. The maximum Gasteiger partial charge on any atom is 0.122 e. The molecule has 2 N–H and O–H groups in total. The number of nitrogens with one attached hydrogen (secondary N) is 2. The minimum atomic E-state index is 0.236. The molecular weight excluding hydrogens is 264 g/mol. The molecule has 0 aliphatic carbocycles. The van der Waals surface area contributed by atoms with E-state index in [1.54, 1.807) is 0 Å². The Bertz CT molecular complexity index is 555. The fourth-order valence-corrected chi connectivity index (χ4v) is 2.95. The quantitative estimate of drug-likeness (QED) is 0.857. The Balaban J connectivity index is 1.77. The summed E-state index contributed by atoms with van der Waals surface area (Å²) >= 11 is 0. The lowest BCUT2D eigenvalue weighted by atomic mass is 9.86. The van der Waals surface area contributed by atoms with E-state index in [1.807, 2.05) is 12.3 Å². The molecule has 0 radical (unpaired) electrons. The molecule has 0 saturated carbocycles. The summed E-state index contributed by atoms with van der Waals surface area (Å²) in [7, 11) is 0. The first kappa shape index (κ1) is 14.1. The molecule has 2 unspecified atom stereocenters. The number of H-pyrrole nitrogens is 1. The van der Waals surface area contributed by atoms with E-state index < -0.39 is 0 Å². The molecule has 21 heavy (non-hydrogen) atoms. The largest absolute Gasteiger partial charge is 0.493 e. The van der Waals surface area contributed by atoms with Crippen molar-refractivity contribution in [2.75, 3.05) is 13.2 Å². The highest BCUT2D eigenvalue weighted by atomic mass is 16.5. The van der Waals surface area contributed by atoms with Gasteiger partial charge in [0, 0.05) is 0 Å². The first-order valence-corrected chi connectivity index (χ1v) is 7.69. The van der Waals surface area contributed by atoms with Gasteiger partial charge in [0.25, 0.3) is 0 Å². The van der Waals surface area contributed by atoms with Crippen LogP contribution < -0.4 is 10.1 Å². The Kier molecular flexibility index (Phi) is 4.50. The van der Waals surface area contributed by atoms with Crippen LogP contribution in [0.15, 0.2) is 30.5 Å². The fourth-order valence-electron chi connectivity index (χ4n) is 2.95. The van der Waals surface area contributed by atoms with Gasteiger partial charge < -0.3 is 10.1 Å². The lowest BCUT2D eigenvalue weighted by molar-refractivity contribution is 0.254.